The molecule has 0 amide bonds. The Hall–Kier alpha value is 0.480. The van der Waals surface area contributed by atoms with Gasteiger partial charge < -0.3 is 0 Å². The van der Waals surface area contributed by atoms with Crippen LogP contribution in [0.25, 0.3) is 0 Å². The van der Waals surface area contributed by atoms with Gasteiger partial charge in [-0.1, -0.05) is 0 Å². The highest BCUT2D eigenvalue weighted by Gasteiger charge is 2.22. The third-order valence-electron chi connectivity index (χ3n) is 1.97. The van der Waals surface area contributed by atoms with Crippen LogP contribution in [0.15, 0.2) is 0 Å². The molecule has 1 heterocycles. The number of halogens is 1. The Morgan fingerprint density at radius 1 is 1.36 bits per heavy atom. The monoisotopic (exact) mass is 289 g/mol. The van der Waals surface area contributed by atoms with Crippen LogP contribution in [-0.2, 0) is 9.84 Å². The van der Waals surface area contributed by atoms with E-state index >= 15 is 0 Å². The average Bonchev–Trinajstić information content (AvgIpc) is 1.94. The summed E-state index contributed by atoms with van der Waals surface area (Å²) in [4.78, 5) is 0. The van der Waals surface area contributed by atoms with E-state index in [1.807, 2.05) is 0 Å². The number of alkyl halides is 1. The Morgan fingerprint density at radius 2 is 1.91 bits per heavy atom. The summed E-state index contributed by atoms with van der Waals surface area (Å²) in [5, 5.41) is 0. The molecule has 66 valence electrons. The normalized spacial score (nSPS) is 25.1. The van der Waals surface area contributed by atoms with E-state index < -0.39 is 30.9 Å². The van der Waals surface area contributed by atoms with Crippen molar-refractivity contribution in [2.45, 2.75) is 12.8 Å². The maximum atomic E-state index is 11.0. The Bertz CT molecular complexity index is 223. The minimum absolute atomic E-state index is 0.363. The van der Waals surface area contributed by atoms with E-state index in [0.29, 0.717) is 17.4 Å². The van der Waals surface area contributed by atoms with Crippen molar-refractivity contribution in [3.05, 3.63) is 0 Å². The van der Waals surface area contributed by atoms with Crippen LogP contribution in [0.2, 0.25) is 0 Å². The van der Waals surface area contributed by atoms with Gasteiger partial charge in [0.1, 0.15) is 9.84 Å². The summed E-state index contributed by atoms with van der Waals surface area (Å²) < 4.78 is 30.0. The lowest BCUT2D eigenvalue weighted by Gasteiger charge is -2.19. The van der Waals surface area contributed by atoms with Gasteiger partial charge in [-0.3, -0.25) is 3.56 Å². The minimum Gasteiger partial charge on any atom is -0.278 e. The van der Waals surface area contributed by atoms with Gasteiger partial charge >= 0.3 is 0 Å². The predicted octanol–water partition coefficient (Wildman–Crippen LogP) is 1.54. The summed E-state index contributed by atoms with van der Waals surface area (Å²) >= 11 is -0.394. The molecule has 0 aromatic heterocycles. The quantitative estimate of drug-likeness (QED) is 0.619. The van der Waals surface area contributed by atoms with Crippen LogP contribution in [-0.4, -0.2) is 24.4 Å². The smallest absolute Gasteiger partial charge is 0.150 e. The van der Waals surface area contributed by atoms with Crippen molar-refractivity contribution in [2.75, 3.05) is 15.9 Å². The Labute approximate surface area is 77.4 Å². The number of nitrogens with one attached hydrogen (secondary N) is 1. The highest BCUT2D eigenvalue weighted by molar-refractivity contribution is 14.1. The molecule has 1 N–H and O–H groups in total. The van der Waals surface area contributed by atoms with E-state index in [9.17, 15) is 8.42 Å². The molecule has 0 aromatic rings. The van der Waals surface area contributed by atoms with Gasteiger partial charge in [-0.15, -0.1) is 0 Å². The molecule has 0 radical (unpaired) electrons. The summed E-state index contributed by atoms with van der Waals surface area (Å²) in [7, 11) is -2.68. The number of hydrogen-bond acceptors (Lipinski definition) is 3. The van der Waals surface area contributed by atoms with E-state index in [2.05, 4.69) is 0 Å². The lowest BCUT2D eigenvalue weighted by Crippen LogP contribution is -2.23. The maximum absolute atomic E-state index is 11.0. The van der Waals surface area contributed by atoms with Gasteiger partial charge in [0.15, 0.2) is 0 Å². The molecule has 5 heteroatoms. The van der Waals surface area contributed by atoms with Crippen molar-refractivity contribution < 1.29 is 8.42 Å². The topological polar surface area (TPSA) is 58.0 Å². The molecule has 0 aromatic carbocycles. The van der Waals surface area contributed by atoms with Crippen LogP contribution in [0.5, 0.6) is 0 Å². The Balaban J connectivity index is 2.42. The summed E-state index contributed by atoms with van der Waals surface area (Å²) in [6.45, 7) is 0. The van der Waals surface area contributed by atoms with Gasteiger partial charge in [0.25, 0.3) is 0 Å². The second-order valence-electron chi connectivity index (χ2n) is 2.88. The lowest BCUT2D eigenvalue weighted by molar-refractivity contribution is 0.511. The van der Waals surface area contributed by atoms with Crippen LogP contribution in [0.4, 0.5) is 0 Å². The molecular formula is C6H12INO2S. The molecule has 0 atom stereocenters. The standard InChI is InChI=1S/C6H12INO2S/c8-7-5-6-1-3-11(9,10)4-2-6/h6,8H,1-5H2. The summed E-state index contributed by atoms with van der Waals surface area (Å²) in [5.74, 6) is 1.27. The summed E-state index contributed by atoms with van der Waals surface area (Å²) in [5.41, 5.74) is 0. The molecule has 11 heavy (non-hydrogen) atoms. The van der Waals surface area contributed by atoms with Crippen molar-refractivity contribution >= 4 is 30.9 Å². The van der Waals surface area contributed by atoms with Crippen molar-refractivity contribution in [1.29, 1.82) is 3.56 Å². The first-order valence-corrected chi connectivity index (χ1v) is 8.02. The Kier molecular flexibility index (Phi) is 3.42. The second kappa shape index (κ2) is 3.93. The molecule has 3 nitrogen and oxygen atoms in total. The number of sulfone groups is 1. The molecule has 1 aliphatic heterocycles. The molecule has 0 spiro atoms. The van der Waals surface area contributed by atoms with E-state index in [-0.39, 0.29) is 0 Å². The van der Waals surface area contributed by atoms with Crippen LogP contribution >= 0.6 is 21.0 Å². The fraction of sp³-hybridized carbons (Fsp3) is 1.00. The molecule has 0 aliphatic carbocycles. The van der Waals surface area contributed by atoms with E-state index in [4.69, 9.17) is 3.56 Å². The first-order chi connectivity index (χ1) is 5.14. The highest BCUT2D eigenvalue weighted by atomic mass is 127. The van der Waals surface area contributed by atoms with E-state index in [1.54, 1.807) is 0 Å². The summed E-state index contributed by atoms with van der Waals surface area (Å²) in [6, 6.07) is 0. The lowest BCUT2D eigenvalue weighted by atomic mass is 10.1. The molecule has 1 aliphatic rings. The van der Waals surface area contributed by atoms with E-state index in [1.165, 1.54) is 0 Å². The number of rotatable bonds is 2. The molecule has 1 fully saturated rings. The van der Waals surface area contributed by atoms with Gasteiger partial charge in [-0.2, -0.15) is 0 Å². The fourth-order valence-corrected chi connectivity index (χ4v) is 4.29. The largest absolute Gasteiger partial charge is 0.278 e. The Morgan fingerprint density at radius 3 is 2.36 bits per heavy atom. The predicted molar refractivity (Wildman–Crippen MR) is 53.0 cm³/mol. The molecule has 0 saturated carbocycles. The van der Waals surface area contributed by atoms with Crippen LogP contribution in [0, 0.1) is 9.48 Å². The van der Waals surface area contributed by atoms with Crippen molar-refractivity contribution in [3.8, 4) is 0 Å². The van der Waals surface area contributed by atoms with E-state index in [0.717, 1.165) is 17.3 Å². The summed E-state index contributed by atoms with van der Waals surface area (Å²) in [6.07, 6.45) is 1.61. The van der Waals surface area contributed by atoms with Crippen molar-refractivity contribution in [1.82, 2.24) is 0 Å². The first kappa shape index (κ1) is 9.57. The van der Waals surface area contributed by atoms with Gasteiger partial charge in [-0.05, 0) is 39.8 Å². The zero-order valence-corrected chi connectivity index (χ0v) is 9.19. The first-order valence-electron chi connectivity index (χ1n) is 3.59. The molecule has 0 bridgehead atoms. The van der Waals surface area contributed by atoms with Crippen molar-refractivity contribution in [2.24, 2.45) is 5.92 Å². The molecule has 1 rings (SSSR count). The number of hydrogen-bond donors (Lipinski definition) is 1. The highest BCUT2D eigenvalue weighted by Crippen LogP contribution is 2.21. The second-order valence-corrected chi connectivity index (χ2v) is 6.83. The third kappa shape index (κ3) is 3.14. The van der Waals surface area contributed by atoms with Crippen molar-refractivity contribution in [3.63, 3.8) is 0 Å². The van der Waals surface area contributed by atoms with Crippen LogP contribution < -0.4 is 0 Å². The zero-order valence-electron chi connectivity index (χ0n) is 6.22. The van der Waals surface area contributed by atoms with Gasteiger partial charge in [-0.25, -0.2) is 8.42 Å². The maximum Gasteiger partial charge on any atom is 0.150 e. The third-order valence-corrected chi connectivity index (χ3v) is 5.37. The van der Waals surface area contributed by atoms with Gasteiger partial charge in [0.2, 0.25) is 0 Å². The van der Waals surface area contributed by atoms with Crippen LogP contribution in [0.1, 0.15) is 12.8 Å². The molecule has 0 unspecified atom stereocenters. The van der Waals surface area contributed by atoms with Crippen LogP contribution in [0.3, 0.4) is 0 Å². The zero-order chi connectivity index (χ0) is 8.32. The average molecular weight is 289 g/mol. The fourth-order valence-electron chi connectivity index (χ4n) is 1.20. The minimum atomic E-state index is -2.68. The molecular weight excluding hydrogens is 277 g/mol. The molecule has 1 saturated heterocycles. The van der Waals surface area contributed by atoms with Gasteiger partial charge in [0, 0.05) is 4.43 Å². The van der Waals surface area contributed by atoms with Gasteiger partial charge in [0.05, 0.1) is 11.5 Å². The SMILES string of the molecule is N=ICC1CCS(=O)(=O)CC1.